The van der Waals surface area contributed by atoms with E-state index in [9.17, 15) is 9.59 Å². The number of benzene rings is 1. The summed E-state index contributed by atoms with van der Waals surface area (Å²) in [6.07, 6.45) is 1.53. The largest absolute Gasteiger partial charge is 0.342 e. The molecule has 0 radical (unpaired) electrons. The Balaban J connectivity index is 1.71. The number of nitrogens with one attached hydrogen (secondary N) is 2. The van der Waals surface area contributed by atoms with Crippen molar-refractivity contribution >= 4 is 68.2 Å². The Morgan fingerprint density at radius 2 is 1.89 bits per heavy atom. The van der Waals surface area contributed by atoms with E-state index in [-0.39, 0.29) is 18.1 Å². The quantitative estimate of drug-likeness (QED) is 0.542. The van der Waals surface area contributed by atoms with Crippen molar-refractivity contribution in [2.24, 2.45) is 0 Å². The first-order valence-electron chi connectivity index (χ1n) is 7.74. The summed E-state index contributed by atoms with van der Waals surface area (Å²) in [4.78, 5) is 28.8. The highest BCUT2D eigenvalue weighted by atomic mass is 79.9. The second-order valence-electron chi connectivity index (χ2n) is 5.43. The van der Waals surface area contributed by atoms with Crippen LogP contribution in [0.1, 0.15) is 10.5 Å². The molecule has 0 unspecified atom stereocenters. The zero-order valence-electron chi connectivity index (χ0n) is 13.9. The zero-order valence-corrected chi connectivity index (χ0v) is 17.8. The van der Waals surface area contributed by atoms with Gasteiger partial charge in [0.2, 0.25) is 5.91 Å². The van der Waals surface area contributed by atoms with Gasteiger partial charge in [-0.1, -0.05) is 34.8 Å². The first-order chi connectivity index (χ1) is 13.3. The van der Waals surface area contributed by atoms with Crippen molar-refractivity contribution in [3.05, 3.63) is 68.0 Å². The third kappa shape index (κ3) is 4.82. The normalized spacial score (nSPS) is 10.6. The summed E-state index contributed by atoms with van der Waals surface area (Å²) >= 11 is 21.3. The summed E-state index contributed by atoms with van der Waals surface area (Å²) in [6.45, 7) is -0.291. The maximum atomic E-state index is 12.6. The SMILES string of the molecule is O=C(CNC(=O)c1cc(Br)nn1-c1ncccc1Cl)Nc1cc(Cl)ccc1Cl. The van der Waals surface area contributed by atoms with Gasteiger partial charge in [0, 0.05) is 17.3 Å². The molecule has 0 bridgehead atoms. The summed E-state index contributed by atoms with van der Waals surface area (Å²) in [7, 11) is 0. The van der Waals surface area contributed by atoms with Crippen molar-refractivity contribution < 1.29 is 9.59 Å². The molecule has 7 nitrogen and oxygen atoms in total. The third-order valence-electron chi connectivity index (χ3n) is 3.46. The lowest BCUT2D eigenvalue weighted by Gasteiger charge is -2.10. The van der Waals surface area contributed by atoms with E-state index in [1.807, 2.05) is 0 Å². The summed E-state index contributed by atoms with van der Waals surface area (Å²) in [6, 6.07) is 9.46. The number of nitrogens with zero attached hydrogens (tertiary/aromatic N) is 3. The molecule has 0 aliphatic rings. The van der Waals surface area contributed by atoms with Crippen LogP contribution in [0.3, 0.4) is 0 Å². The standard InChI is InChI=1S/C17H11BrCl3N5O2/c18-14-7-13(26(25-14)16-11(21)2-1-5-22-16)17(28)23-8-15(27)24-12-6-9(19)3-4-10(12)20/h1-7H,8H2,(H,23,28)(H,24,27). The molecule has 0 saturated heterocycles. The number of rotatable bonds is 5. The highest BCUT2D eigenvalue weighted by Gasteiger charge is 2.19. The number of amides is 2. The van der Waals surface area contributed by atoms with Gasteiger partial charge >= 0.3 is 0 Å². The molecule has 2 amide bonds. The minimum absolute atomic E-state index is 0.154. The van der Waals surface area contributed by atoms with Gasteiger partial charge in [-0.25, -0.2) is 9.67 Å². The van der Waals surface area contributed by atoms with Gasteiger partial charge in [-0.05, 0) is 46.3 Å². The van der Waals surface area contributed by atoms with Crippen LogP contribution in [0.25, 0.3) is 5.82 Å². The Hall–Kier alpha value is -2.13. The second kappa shape index (κ2) is 8.91. The lowest BCUT2D eigenvalue weighted by Crippen LogP contribution is -2.34. The molecule has 0 saturated carbocycles. The Morgan fingerprint density at radius 3 is 2.64 bits per heavy atom. The second-order valence-corrected chi connectivity index (χ2v) is 7.49. The fraction of sp³-hybridized carbons (Fsp3) is 0.0588. The zero-order chi connectivity index (χ0) is 20.3. The number of hydrogen-bond acceptors (Lipinski definition) is 4. The summed E-state index contributed by atoms with van der Waals surface area (Å²) < 4.78 is 1.70. The molecule has 0 fully saturated rings. The van der Waals surface area contributed by atoms with Gasteiger partial charge in [-0.3, -0.25) is 9.59 Å². The van der Waals surface area contributed by atoms with Crippen molar-refractivity contribution in [2.45, 2.75) is 0 Å². The first-order valence-corrected chi connectivity index (χ1v) is 9.67. The Morgan fingerprint density at radius 1 is 1.11 bits per heavy atom. The Labute approximate surface area is 183 Å². The molecular weight excluding hydrogens is 492 g/mol. The first kappa shape index (κ1) is 20.6. The fourth-order valence-corrected chi connectivity index (χ4v) is 3.16. The van der Waals surface area contributed by atoms with E-state index in [4.69, 9.17) is 34.8 Å². The molecule has 28 heavy (non-hydrogen) atoms. The molecule has 3 rings (SSSR count). The van der Waals surface area contributed by atoms with Crippen LogP contribution in [0.15, 0.2) is 47.2 Å². The van der Waals surface area contributed by atoms with Crippen molar-refractivity contribution in [1.82, 2.24) is 20.1 Å². The van der Waals surface area contributed by atoms with E-state index in [2.05, 4.69) is 36.6 Å². The smallest absolute Gasteiger partial charge is 0.270 e. The maximum Gasteiger partial charge on any atom is 0.270 e. The van der Waals surface area contributed by atoms with Gasteiger partial charge in [0.25, 0.3) is 5.91 Å². The average molecular weight is 504 g/mol. The number of anilines is 1. The van der Waals surface area contributed by atoms with Crippen LogP contribution in [0.2, 0.25) is 15.1 Å². The molecule has 0 atom stereocenters. The number of aromatic nitrogens is 3. The molecule has 2 N–H and O–H groups in total. The van der Waals surface area contributed by atoms with Crippen LogP contribution in [0.4, 0.5) is 5.69 Å². The van der Waals surface area contributed by atoms with E-state index < -0.39 is 11.8 Å². The fourth-order valence-electron chi connectivity index (χ4n) is 2.25. The van der Waals surface area contributed by atoms with Crippen molar-refractivity contribution in [3.8, 4) is 5.82 Å². The number of hydrogen-bond donors (Lipinski definition) is 2. The van der Waals surface area contributed by atoms with E-state index in [0.29, 0.717) is 25.4 Å². The minimum atomic E-state index is -0.535. The lowest BCUT2D eigenvalue weighted by molar-refractivity contribution is -0.115. The predicted molar refractivity (Wildman–Crippen MR) is 111 cm³/mol. The summed E-state index contributed by atoms with van der Waals surface area (Å²) in [5.74, 6) is -0.721. The molecule has 0 aliphatic carbocycles. The molecule has 3 aromatic rings. The highest BCUT2D eigenvalue weighted by molar-refractivity contribution is 9.10. The highest BCUT2D eigenvalue weighted by Crippen LogP contribution is 2.25. The minimum Gasteiger partial charge on any atom is -0.342 e. The van der Waals surface area contributed by atoms with Gasteiger partial charge < -0.3 is 10.6 Å². The third-order valence-corrected chi connectivity index (χ3v) is 4.71. The van der Waals surface area contributed by atoms with Crippen molar-refractivity contribution in [1.29, 1.82) is 0 Å². The topological polar surface area (TPSA) is 88.9 Å². The summed E-state index contributed by atoms with van der Waals surface area (Å²) in [5, 5.41) is 10.3. The molecule has 0 aliphatic heterocycles. The van der Waals surface area contributed by atoms with Gasteiger partial charge in [0.1, 0.15) is 10.3 Å². The number of carbonyl (C=O) groups excluding carboxylic acids is 2. The summed E-state index contributed by atoms with van der Waals surface area (Å²) in [5.41, 5.74) is 0.502. The number of halogens is 4. The van der Waals surface area contributed by atoms with Crippen LogP contribution >= 0.6 is 50.7 Å². The van der Waals surface area contributed by atoms with Gasteiger partial charge in [-0.2, -0.15) is 5.10 Å². The van der Waals surface area contributed by atoms with Crippen LogP contribution in [0, 0.1) is 0 Å². The molecule has 144 valence electrons. The molecular formula is C17H11BrCl3N5O2. The molecule has 2 heterocycles. The Bertz CT molecular complexity index is 1060. The van der Waals surface area contributed by atoms with Crippen molar-refractivity contribution in [3.63, 3.8) is 0 Å². The van der Waals surface area contributed by atoms with Crippen LogP contribution in [-0.2, 0) is 4.79 Å². The lowest BCUT2D eigenvalue weighted by atomic mass is 10.3. The monoisotopic (exact) mass is 501 g/mol. The molecule has 0 spiro atoms. The number of carbonyl (C=O) groups is 2. The van der Waals surface area contributed by atoms with Gasteiger partial charge in [0.05, 0.1) is 22.3 Å². The van der Waals surface area contributed by atoms with E-state index in [0.717, 1.165) is 0 Å². The van der Waals surface area contributed by atoms with Crippen LogP contribution in [-0.4, -0.2) is 33.1 Å². The molecule has 1 aromatic carbocycles. The van der Waals surface area contributed by atoms with E-state index in [1.165, 1.54) is 23.0 Å². The predicted octanol–water partition coefficient (Wildman–Crippen LogP) is 4.36. The van der Waals surface area contributed by atoms with E-state index in [1.54, 1.807) is 24.3 Å². The van der Waals surface area contributed by atoms with E-state index >= 15 is 0 Å². The van der Waals surface area contributed by atoms with Gasteiger partial charge in [0.15, 0.2) is 5.82 Å². The molecule has 11 heteroatoms. The van der Waals surface area contributed by atoms with Crippen LogP contribution in [0.5, 0.6) is 0 Å². The maximum absolute atomic E-state index is 12.6. The number of pyridine rings is 1. The van der Waals surface area contributed by atoms with Gasteiger partial charge in [-0.15, -0.1) is 0 Å². The Kier molecular flexibility index (Phi) is 6.56. The van der Waals surface area contributed by atoms with Crippen molar-refractivity contribution in [2.75, 3.05) is 11.9 Å². The molecule has 2 aromatic heterocycles. The average Bonchev–Trinajstić information content (AvgIpc) is 3.05. The van der Waals surface area contributed by atoms with Crippen LogP contribution < -0.4 is 10.6 Å².